The molecule has 0 aliphatic rings. The molecule has 0 heterocycles. The molecule has 30 heavy (non-hydrogen) atoms. The molecule has 2 unspecified atom stereocenters. The third kappa shape index (κ3) is 14.1. The van der Waals surface area contributed by atoms with Crippen molar-refractivity contribution in [1.82, 2.24) is 0 Å². The number of nitrogens with zero attached hydrogens (tertiary/aromatic N) is 1. The smallest absolute Gasteiger partial charge is 0.312 e. The van der Waals surface area contributed by atoms with Crippen LogP contribution in [-0.4, -0.2) is 81.9 Å². The Morgan fingerprint density at radius 3 is 2.27 bits per heavy atom. The van der Waals surface area contributed by atoms with Gasteiger partial charge in [0.05, 0.1) is 52.6 Å². The van der Waals surface area contributed by atoms with Crippen LogP contribution in [0.5, 0.6) is 0 Å². The Labute approximate surface area is 192 Å². The molecule has 0 aromatic heterocycles. The van der Waals surface area contributed by atoms with E-state index in [2.05, 4.69) is 4.74 Å². The first-order valence-electron chi connectivity index (χ1n) is 10.2. The Morgan fingerprint density at radius 2 is 1.73 bits per heavy atom. The molecule has 0 N–H and O–H groups in total. The van der Waals surface area contributed by atoms with Gasteiger partial charge in [-0.3, -0.25) is 14.4 Å². The molecule has 0 spiro atoms. The summed E-state index contributed by atoms with van der Waals surface area (Å²) in [6, 6.07) is 0. The normalized spacial score (nSPS) is 14.1. The van der Waals surface area contributed by atoms with Gasteiger partial charge in [-0.15, -0.1) is 0 Å². The van der Waals surface area contributed by atoms with Gasteiger partial charge < -0.3 is 31.1 Å². The minimum Gasteiger partial charge on any atom is -1.00 e. The summed E-state index contributed by atoms with van der Waals surface area (Å²) in [7, 11) is 7.45. The lowest BCUT2D eigenvalue weighted by Gasteiger charge is -2.30. The molecule has 0 rings (SSSR count). The van der Waals surface area contributed by atoms with Gasteiger partial charge in [0, 0.05) is 11.5 Å². The fourth-order valence-electron chi connectivity index (χ4n) is 2.56. The molecule has 0 fully saturated rings. The van der Waals surface area contributed by atoms with Crippen LogP contribution in [0.25, 0.3) is 0 Å². The quantitative estimate of drug-likeness (QED) is 0.143. The van der Waals surface area contributed by atoms with E-state index >= 15 is 0 Å². The van der Waals surface area contributed by atoms with Crippen molar-refractivity contribution in [2.75, 3.05) is 59.5 Å². The van der Waals surface area contributed by atoms with Gasteiger partial charge in [0.2, 0.25) is 0 Å². The second-order valence-electron chi connectivity index (χ2n) is 8.72. The molecule has 9 heteroatoms. The van der Waals surface area contributed by atoms with Gasteiger partial charge in [0.15, 0.2) is 0 Å². The molecule has 0 saturated carbocycles. The first kappa shape index (κ1) is 31.2. The number of hydrogen-bond acceptors (Lipinski definition) is 7. The number of ether oxygens (including phenoxy) is 3. The van der Waals surface area contributed by atoms with Crippen LogP contribution in [0.1, 0.15) is 46.5 Å². The van der Waals surface area contributed by atoms with E-state index in [4.69, 9.17) is 9.47 Å². The monoisotopic (exact) mass is 469 g/mol. The average molecular weight is 470 g/mol. The third-order valence-electron chi connectivity index (χ3n) is 4.49. The van der Waals surface area contributed by atoms with Crippen molar-refractivity contribution in [3.05, 3.63) is 0 Å². The highest BCUT2D eigenvalue weighted by atomic mass is 35.5. The summed E-state index contributed by atoms with van der Waals surface area (Å²) >= 11 is 1.49. The highest BCUT2D eigenvalue weighted by molar-refractivity contribution is 7.99. The van der Waals surface area contributed by atoms with E-state index in [0.717, 1.165) is 12.8 Å². The molecule has 0 aliphatic carbocycles. The topological polar surface area (TPSA) is 78.9 Å². The Bertz CT molecular complexity index is 526. The third-order valence-corrected chi connectivity index (χ3v) is 5.82. The first-order valence-corrected chi connectivity index (χ1v) is 11.4. The fourth-order valence-corrected chi connectivity index (χ4v) is 3.70. The second-order valence-corrected chi connectivity index (χ2v) is 9.82. The average Bonchev–Trinajstić information content (AvgIpc) is 2.63. The summed E-state index contributed by atoms with van der Waals surface area (Å²) in [4.78, 5) is 36.5. The Morgan fingerprint density at radius 1 is 1.10 bits per heavy atom. The van der Waals surface area contributed by atoms with Crippen LogP contribution in [0, 0.1) is 11.3 Å². The molecule has 7 nitrogen and oxygen atoms in total. The molecular weight excluding hydrogens is 430 g/mol. The van der Waals surface area contributed by atoms with Gasteiger partial charge in [-0.2, -0.15) is 11.8 Å². The predicted octanol–water partition coefficient (Wildman–Crippen LogP) is -0.0881. The highest BCUT2D eigenvalue weighted by Gasteiger charge is 2.38. The summed E-state index contributed by atoms with van der Waals surface area (Å²) in [5.74, 6) is -0.293. The SMILES string of the molecule is CCCCOC(=O)C(C)CC(C)(CSCCC(=O)OC)C(=O)OCC[N+](C)(C)C.[Cl-]. The minimum absolute atomic E-state index is 0. The largest absolute Gasteiger partial charge is 1.00 e. The number of esters is 3. The van der Waals surface area contributed by atoms with Crippen molar-refractivity contribution in [3.63, 3.8) is 0 Å². The van der Waals surface area contributed by atoms with Gasteiger partial charge in [-0.25, -0.2) is 0 Å². The van der Waals surface area contributed by atoms with E-state index in [9.17, 15) is 14.4 Å². The maximum Gasteiger partial charge on any atom is 0.312 e. The second kappa shape index (κ2) is 15.8. The minimum atomic E-state index is -0.838. The summed E-state index contributed by atoms with van der Waals surface area (Å²) < 4.78 is 16.2. The van der Waals surface area contributed by atoms with Crippen molar-refractivity contribution < 1.29 is 45.5 Å². The van der Waals surface area contributed by atoms with Crippen molar-refractivity contribution in [2.45, 2.75) is 46.5 Å². The van der Waals surface area contributed by atoms with Gasteiger partial charge in [-0.05, 0) is 19.8 Å². The van der Waals surface area contributed by atoms with E-state index in [-0.39, 0.29) is 36.7 Å². The number of thioether (sulfide) groups is 1. The van der Waals surface area contributed by atoms with Gasteiger partial charge in [0.25, 0.3) is 0 Å². The van der Waals surface area contributed by atoms with Crippen LogP contribution in [0.4, 0.5) is 0 Å². The zero-order valence-corrected chi connectivity index (χ0v) is 21.2. The summed E-state index contributed by atoms with van der Waals surface area (Å²) in [5, 5.41) is 0. The van der Waals surface area contributed by atoms with Crippen LogP contribution < -0.4 is 12.4 Å². The van der Waals surface area contributed by atoms with Crippen LogP contribution in [0.15, 0.2) is 0 Å². The van der Waals surface area contributed by atoms with Crippen LogP contribution >= 0.6 is 11.8 Å². The number of unbranched alkanes of at least 4 members (excludes halogenated alkanes) is 1. The molecule has 0 radical (unpaired) electrons. The number of carbonyl (C=O) groups excluding carboxylic acids is 3. The van der Waals surface area contributed by atoms with Crippen LogP contribution in [-0.2, 0) is 28.6 Å². The van der Waals surface area contributed by atoms with Crippen molar-refractivity contribution >= 4 is 29.7 Å². The lowest BCUT2D eigenvalue weighted by Crippen LogP contribution is -3.00. The standard InChI is InChI=1S/C21H40NO6S.ClH/c1-8-9-12-27-19(24)17(2)15-21(3,16-29-14-10-18(23)26-7)20(25)28-13-11-22(4,5)6;/h17H,8-16H2,1-7H3;1H/q+1;/p-1. The van der Waals surface area contributed by atoms with Crippen LogP contribution in [0.3, 0.4) is 0 Å². The van der Waals surface area contributed by atoms with E-state index in [1.165, 1.54) is 18.9 Å². The van der Waals surface area contributed by atoms with Gasteiger partial charge >= 0.3 is 17.9 Å². The predicted molar refractivity (Wildman–Crippen MR) is 116 cm³/mol. The molecule has 2 atom stereocenters. The number of likely N-dealkylation sites (N-methyl/N-ethyl adjacent to an activating group) is 1. The molecule has 0 bridgehead atoms. The van der Waals surface area contributed by atoms with Crippen molar-refractivity contribution in [3.8, 4) is 0 Å². The summed E-state index contributed by atoms with van der Waals surface area (Å²) in [6.45, 7) is 7.06. The molecular formula is C21H40ClNO6S. The maximum atomic E-state index is 12.9. The summed E-state index contributed by atoms with van der Waals surface area (Å²) in [5.41, 5.74) is -0.838. The lowest BCUT2D eigenvalue weighted by molar-refractivity contribution is -0.870. The van der Waals surface area contributed by atoms with Gasteiger partial charge in [-0.1, -0.05) is 20.3 Å². The van der Waals surface area contributed by atoms with E-state index in [1.807, 2.05) is 35.0 Å². The number of rotatable bonds is 15. The van der Waals surface area contributed by atoms with Crippen molar-refractivity contribution in [1.29, 1.82) is 0 Å². The van der Waals surface area contributed by atoms with Crippen LogP contribution in [0.2, 0.25) is 0 Å². The first-order chi connectivity index (χ1) is 13.4. The maximum absolute atomic E-state index is 12.9. The zero-order chi connectivity index (χ0) is 22.5. The molecule has 0 aliphatic heterocycles. The molecule has 0 aromatic rings. The number of halogens is 1. The Kier molecular flexibility index (Phi) is 16.4. The zero-order valence-electron chi connectivity index (χ0n) is 19.6. The summed E-state index contributed by atoms with van der Waals surface area (Å²) in [6.07, 6.45) is 2.40. The van der Waals surface area contributed by atoms with E-state index in [1.54, 1.807) is 6.92 Å². The number of hydrogen-bond donors (Lipinski definition) is 0. The number of carbonyl (C=O) groups is 3. The molecule has 0 aromatic carbocycles. The van der Waals surface area contributed by atoms with E-state index < -0.39 is 11.3 Å². The molecule has 0 saturated heterocycles. The van der Waals surface area contributed by atoms with Gasteiger partial charge in [0.1, 0.15) is 13.2 Å². The lowest BCUT2D eigenvalue weighted by atomic mass is 9.83. The Hall–Kier alpha value is -0.990. The Balaban J connectivity index is 0. The molecule has 0 amide bonds. The number of methoxy groups -OCH3 is 1. The highest BCUT2D eigenvalue weighted by Crippen LogP contribution is 2.33. The molecule has 178 valence electrons. The van der Waals surface area contributed by atoms with E-state index in [0.29, 0.717) is 42.2 Å². The number of quaternary nitrogens is 1. The fraction of sp³-hybridized carbons (Fsp3) is 0.857. The van der Waals surface area contributed by atoms with Crippen molar-refractivity contribution in [2.24, 2.45) is 11.3 Å².